The highest BCUT2D eigenvalue weighted by Gasteiger charge is 2.75. The molecule has 0 aliphatic carbocycles. The molecule has 2 unspecified atom stereocenters. The summed E-state index contributed by atoms with van der Waals surface area (Å²) >= 11 is 4.49. The maximum absolute atomic E-state index is 13.0. The lowest BCUT2D eigenvalue weighted by Crippen LogP contribution is -2.56. The molecule has 0 aromatic rings. The summed E-state index contributed by atoms with van der Waals surface area (Å²) in [5.41, 5.74) is -3.92. The van der Waals surface area contributed by atoms with Gasteiger partial charge in [0, 0.05) is 0 Å². The fourth-order valence-electron chi connectivity index (χ4n) is 1.67. The molecule has 1 rings (SSSR count). The molecule has 0 spiro atoms. The first-order valence-electron chi connectivity index (χ1n) is 4.76. The molecular formula is C9H10ClF5O2. The van der Waals surface area contributed by atoms with Crippen molar-refractivity contribution in [1.82, 2.24) is 0 Å². The van der Waals surface area contributed by atoms with Crippen LogP contribution in [0, 0.1) is 5.92 Å². The van der Waals surface area contributed by atoms with Gasteiger partial charge in [0.1, 0.15) is 6.10 Å². The lowest BCUT2D eigenvalue weighted by atomic mass is 9.96. The second-order valence-corrected chi connectivity index (χ2v) is 4.72. The number of ketones is 1. The first-order valence-corrected chi connectivity index (χ1v) is 5.14. The zero-order valence-electron chi connectivity index (χ0n) is 8.95. The maximum Gasteiger partial charge on any atom is 0.425 e. The van der Waals surface area contributed by atoms with Crippen LogP contribution in [0.1, 0.15) is 20.3 Å². The van der Waals surface area contributed by atoms with Gasteiger partial charge in [-0.15, -0.1) is 0 Å². The van der Waals surface area contributed by atoms with Crippen LogP contribution >= 0.6 is 11.6 Å². The standard InChI is InChI=1S/C9H10ClF5O2/c1-4(2)6-5(16)3-7(17-6,8(10,11)12)9(13,14)15/h4,6H,3H2,1-2H3. The van der Waals surface area contributed by atoms with Crippen LogP contribution in [0.4, 0.5) is 22.0 Å². The summed E-state index contributed by atoms with van der Waals surface area (Å²) in [6.07, 6.45) is -8.39. The average Bonchev–Trinajstić information content (AvgIpc) is 2.41. The van der Waals surface area contributed by atoms with Gasteiger partial charge in [0.15, 0.2) is 5.78 Å². The third kappa shape index (κ3) is 2.27. The maximum atomic E-state index is 13.0. The fraction of sp³-hybridized carbons (Fsp3) is 0.889. The lowest BCUT2D eigenvalue weighted by molar-refractivity contribution is -0.321. The predicted octanol–water partition coefficient (Wildman–Crippen LogP) is 3.13. The van der Waals surface area contributed by atoms with Crippen LogP contribution in [-0.4, -0.2) is 29.0 Å². The van der Waals surface area contributed by atoms with Crippen molar-refractivity contribution >= 4 is 17.4 Å². The summed E-state index contributed by atoms with van der Waals surface area (Å²) in [4.78, 5) is 11.3. The summed E-state index contributed by atoms with van der Waals surface area (Å²) in [6.45, 7) is 2.81. The van der Waals surface area contributed by atoms with Crippen molar-refractivity contribution in [2.24, 2.45) is 5.92 Å². The molecule has 0 N–H and O–H groups in total. The summed E-state index contributed by atoms with van der Waals surface area (Å²) in [7, 11) is 0. The van der Waals surface area contributed by atoms with Gasteiger partial charge in [0.05, 0.1) is 6.42 Å². The predicted molar refractivity (Wildman–Crippen MR) is 48.9 cm³/mol. The second kappa shape index (κ2) is 4.05. The molecule has 1 heterocycles. The summed E-state index contributed by atoms with van der Waals surface area (Å²) in [5.74, 6) is -1.65. The molecule has 0 saturated carbocycles. The molecule has 0 bridgehead atoms. The zero-order chi connectivity index (χ0) is 13.6. The van der Waals surface area contributed by atoms with Crippen molar-refractivity contribution in [2.45, 2.75) is 43.5 Å². The van der Waals surface area contributed by atoms with Crippen molar-refractivity contribution in [2.75, 3.05) is 0 Å². The topological polar surface area (TPSA) is 26.3 Å². The van der Waals surface area contributed by atoms with E-state index >= 15 is 0 Å². The SMILES string of the molecule is CC(C)C1OC(C(F)(F)F)(C(F)(F)Cl)CC1=O. The first kappa shape index (κ1) is 14.6. The molecule has 17 heavy (non-hydrogen) atoms. The Labute approximate surface area is 99.1 Å². The van der Waals surface area contributed by atoms with Crippen LogP contribution in [-0.2, 0) is 9.53 Å². The lowest BCUT2D eigenvalue weighted by Gasteiger charge is -2.34. The van der Waals surface area contributed by atoms with Crippen LogP contribution < -0.4 is 0 Å². The molecule has 8 heteroatoms. The van der Waals surface area contributed by atoms with Crippen LogP contribution in [0.3, 0.4) is 0 Å². The van der Waals surface area contributed by atoms with E-state index in [1.807, 2.05) is 0 Å². The number of halogens is 6. The van der Waals surface area contributed by atoms with Crippen molar-refractivity contribution in [1.29, 1.82) is 0 Å². The number of hydrogen-bond donors (Lipinski definition) is 0. The Hall–Kier alpha value is -0.430. The Bertz CT molecular complexity index is 306. The van der Waals surface area contributed by atoms with Gasteiger partial charge in [-0.05, 0) is 17.5 Å². The molecule has 2 atom stereocenters. The quantitative estimate of drug-likeness (QED) is 0.574. The number of carbonyl (C=O) groups is 1. The second-order valence-electron chi connectivity index (χ2n) is 4.25. The fourth-order valence-corrected chi connectivity index (χ4v) is 1.89. The van der Waals surface area contributed by atoms with E-state index in [1.54, 1.807) is 0 Å². The molecule has 0 aromatic carbocycles. The molecule has 0 aromatic heterocycles. The van der Waals surface area contributed by atoms with E-state index in [9.17, 15) is 26.7 Å². The van der Waals surface area contributed by atoms with Gasteiger partial charge < -0.3 is 4.74 Å². The van der Waals surface area contributed by atoms with Crippen molar-refractivity contribution < 1.29 is 31.5 Å². The Balaban J connectivity index is 3.19. The molecule has 0 amide bonds. The minimum atomic E-state index is -5.42. The molecule has 1 aliphatic rings. The van der Waals surface area contributed by atoms with E-state index in [1.165, 1.54) is 13.8 Å². The normalized spacial score (nSPS) is 31.4. The van der Waals surface area contributed by atoms with Gasteiger partial charge >= 0.3 is 11.6 Å². The Kier molecular flexibility index (Phi) is 3.48. The minimum Gasteiger partial charge on any atom is -0.347 e. The van der Waals surface area contributed by atoms with Crippen molar-refractivity contribution in [3.05, 3.63) is 0 Å². The summed E-state index contributed by atoms with van der Waals surface area (Å²) in [5, 5.41) is -4.69. The molecule has 2 nitrogen and oxygen atoms in total. The smallest absolute Gasteiger partial charge is 0.347 e. The van der Waals surface area contributed by atoms with Crippen molar-refractivity contribution in [3.63, 3.8) is 0 Å². The van der Waals surface area contributed by atoms with E-state index in [-0.39, 0.29) is 0 Å². The largest absolute Gasteiger partial charge is 0.425 e. The van der Waals surface area contributed by atoms with Crippen molar-refractivity contribution in [3.8, 4) is 0 Å². The first-order chi connectivity index (χ1) is 7.42. The molecule has 0 radical (unpaired) electrons. The van der Waals surface area contributed by atoms with E-state index < -0.39 is 41.4 Å². The van der Waals surface area contributed by atoms with E-state index in [4.69, 9.17) is 0 Å². The summed E-state index contributed by atoms with van der Waals surface area (Å²) in [6, 6.07) is 0. The number of ether oxygens (including phenoxy) is 1. The van der Waals surface area contributed by atoms with Crippen LogP contribution in [0.2, 0.25) is 0 Å². The molecule has 1 aliphatic heterocycles. The number of rotatable bonds is 2. The van der Waals surface area contributed by atoms with E-state index in [0.717, 1.165) is 0 Å². The average molecular weight is 281 g/mol. The van der Waals surface area contributed by atoms with Gasteiger partial charge in [0.25, 0.3) is 0 Å². The Morgan fingerprint density at radius 1 is 1.35 bits per heavy atom. The number of alkyl halides is 6. The highest BCUT2D eigenvalue weighted by atomic mass is 35.5. The monoisotopic (exact) mass is 280 g/mol. The van der Waals surface area contributed by atoms with E-state index in [0.29, 0.717) is 0 Å². The van der Waals surface area contributed by atoms with Crippen LogP contribution in [0.25, 0.3) is 0 Å². The van der Waals surface area contributed by atoms with Gasteiger partial charge in [-0.1, -0.05) is 13.8 Å². The molecule has 1 fully saturated rings. The van der Waals surface area contributed by atoms with Gasteiger partial charge in [-0.3, -0.25) is 4.79 Å². The number of carbonyl (C=O) groups excluding carboxylic acids is 1. The van der Waals surface area contributed by atoms with Crippen LogP contribution in [0.15, 0.2) is 0 Å². The zero-order valence-corrected chi connectivity index (χ0v) is 9.70. The Morgan fingerprint density at radius 3 is 2.00 bits per heavy atom. The molecule has 100 valence electrons. The van der Waals surface area contributed by atoms with Gasteiger partial charge in [-0.25, -0.2) is 0 Å². The van der Waals surface area contributed by atoms with Gasteiger partial charge in [0.2, 0.25) is 5.60 Å². The molecular weight excluding hydrogens is 271 g/mol. The van der Waals surface area contributed by atoms with Gasteiger partial charge in [-0.2, -0.15) is 22.0 Å². The minimum absolute atomic E-state index is 0.634. The Morgan fingerprint density at radius 2 is 1.82 bits per heavy atom. The number of Topliss-reactive ketones (excluding diaryl/α,β-unsaturated/α-hetero) is 1. The highest BCUT2D eigenvalue weighted by molar-refractivity contribution is 6.23. The van der Waals surface area contributed by atoms with Crippen LogP contribution in [0.5, 0.6) is 0 Å². The summed E-state index contributed by atoms with van der Waals surface area (Å²) < 4.78 is 68.2. The highest BCUT2D eigenvalue weighted by Crippen LogP contribution is 2.53. The number of hydrogen-bond acceptors (Lipinski definition) is 2. The molecule has 1 saturated heterocycles. The third-order valence-electron chi connectivity index (χ3n) is 2.59. The van der Waals surface area contributed by atoms with E-state index in [2.05, 4.69) is 16.3 Å². The third-order valence-corrected chi connectivity index (χ3v) is 2.90.